The van der Waals surface area contributed by atoms with Crippen LogP contribution in [0.5, 0.6) is 0 Å². The smallest absolute Gasteiger partial charge is 0.367 e. The van der Waals surface area contributed by atoms with Crippen molar-refractivity contribution in [1.82, 2.24) is 4.98 Å². The van der Waals surface area contributed by atoms with Gasteiger partial charge in [0, 0.05) is 6.04 Å². The van der Waals surface area contributed by atoms with E-state index < -0.39 is 11.7 Å². The van der Waals surface area contributed by atoms with E-state index in [9.17, 15) is 13.2 Å². The first kappa shape index (κ1) is 15.1. The van der Waals surface area contributed by atoms with E-state index >= 15 is 0 Å². The molecule has 6 heteroatoms. The largest absolute Gasteiger partial charge is 0.416 e. The zero-order chi connectivity index (χ0) is 13.9. The number of pyridine rings is 1. The quantitative estimate of drug-likeness (QED) is 0.815. The third-order valence-electron chi connectivity index (χ3n) is 2.70. The minimum Gasteiger partial charge on any atom is -0.367 e. The highest BCUT2D eigenvalue weighted by Crippen LogP contribution is 2.32. The van der Waals surface area contributed by atoms with E-state index in [2.05, 4.69) is 10.3 Å². The Morgan fingerprint density at radius 1 is 1.33 bits per heavy atom. The molecule has 0 aliphatic rings. The third-order valence-corrected chi connectivity index (χ3v) is 2.89. The summed E-state index contributed by atoms with van der Waals surface area (Å²) in [5.41, 5.74) is -0.788. The number of nitrogens with zero attached hydrogens (tertiary/aromatic N) is 1. The van der Waals surface area contributed by atoms with Crippen LogP contribution in [-0.4, -0.2) is 11.0 Å². The minimum atomic E-state index is -4.41. The lowest BCUT2D eigenvalue weighted by Crippen LogP contribution is -2.25. The molecule has 0 aliphatic heterocycles. The summed E-state index contributed by atoms with van der Waals surface area (Å²) >= 11 is 5.61. The van der Waals surface area contributed by atoms with Gasteiger partial charge >= 0.3 is 6.18 Å². The Labute approximate surface area is 110 Å². The van der Waals surface area contributed by atoms with E-state index in [-0.39, 0.29) is 17.0 Å². The lowest BCUT2D eigenvalue weighted by atomic mass is 10.0. The van der Waals surface area contributed by atoms with Crippen LogP contribution in [0.2, 0.25) is 5.15 Å². The summed E-state index contributed by atoms with van der Waals surface area (Å²) in [4.78, 5) is 3.87. The van der Waals surface area contributed by atoms with Gasteiger partial charge in [0.2, 0.25) is 0 Å². The normalized spacial score (nSPS) is 13.8. The summed E-state index contributed by atoms with van der Waals surface area (Å²) in [5.74, 6) is 0.459. The molecule has 1 heterocycles. The van der Waals surface area contributed by atoms with Gasteiger partial charge in [-0.1, -0.05) is 32.4 Å². The molecule has 102 valence electrons. The predicted molar refractivity (Wildman–Crippen MR) is 66.8 cm³/mol. The molecule has 1 unspecified atom stereocenters. The Kier molecular flexibility index (Phi) is 4.85. The van der Waals surface area contributed by atoms with Crippen molar-refractivity contribution >= 4 is 17.4 Å². The summed E-state index contributed by atoms with van der Waals surface area (Å²) in [5, 5.41) is 2.82. The number of anilines is 1. The molecule has 1 aromatic rings. The van der Waals surface area contributed by atoms with E-state index in [1.165, 1.54) is 0 Å². The summed E-state index contributed by atoms with van der Waals surface area (Å²) in [6.45, 7) is 5.96. The molecule has 0 radical (unpaired) electrons. The van der Waals surface area contributed by atoms with Crippen LogP contribution in [0.25, 0.3) is 0 Å². The maximum Gasteiger partial charge on any atom is 0.416 e. The van der Waals surface area contributed by atoms with Crippen LogP contribution in [0.3, 0.4) is 0 Å². The topological polar surface area (TPSA) is 24.9 Å². The first-order valence-corrected chi connectivity index (χ1v) is 6.13. The third kappa shape index (κ3) is 4.05. The number of nitrogens with one attached hydrogen (secondary N) is 1. The van der Waals surface area contributed by atoms with Crippen molar-refractivity contribution in [3.05, 3.63) is 22.8 Å². The number of hydrogen-bond donors (Lipinski definition) is 1. The molecule has 0 aliphatic carbocycles. The van der Waals surface area contributed by atoms with Crippen molar-refractivity contribution in [1.29, 1.82) is 0 Å². The van der Waals surface area contributed by atoms with Crippen LogP contribution in [0, 0.1) is 5.92 Å². The Hall–Kier alpha value is -0.970. The number of alkyl halides is 3. The van der Waals surface area contributed by atoms with Crippen molar-refractivity contribution < 1.29 is 13.2 Å². The van der Waals surface area contributed by atoms with Gasteiger partial charge in [-0.3, -0.25) is 0 Å². The van der Waals surface area contributed by atoms with E-state index in [1.807, 2.05) is 20.8 Å². The van der Waals surface area contributed by atoms with Crippen LogP contribution in [-0.2, 0) is 6.18 Å². The van der Waals surface area contributed by atoms with Gasteiger partial charge in [-0.2, -0.15) is 13.2 Å². The molecule has 18 heavy (non-hydrogen) atoms. The van der Waals surface area contributed by atoms with E-state index in [0.717, 1.165) is 18.6 Å². The fourth-order valence-corrected chi connectivity index (χ4v) is 1.87. The van der Waals surface area contributed by atoms with Gasteiger partial charge in [0.15, 0.2) is 0 Å². The maximum atomic E-state index is 12.6. The molecule has 0 fully saturated rings. The van der Waals surface area contributed by atoms with Crippen LogP contribution in [0.1, 0.15) is 32.8 Å². The second-order valence-electron chi connectivity index (χ2n) is 4.46. The SMILES string of the molecule is CCC(Nc1cc(C(F)(F)F)cc(Cl)n1)C(C)C. The first-order chi connectivity index (χ1) is 8.24. The minimum absolute atomic E-state index is 0.0667. The number of hydrogen-bond acceptors (Lipinski definition) is 2. The van der Waals surface area contributed by atoms with Gasteiger partial charge in [0.25, 0.3) is 0 Å². The molecule has 0 amide bonds. The molecule has 0 aromatic carbocycles. The van der Waals surface area contributed by atoms with Gasteiger partial charge in [-0.15, -0.1) is 0 Å². The van der Waals surface area contributed by atoms with Crippen LogP contribution < -0.4 is 5.32 Å². The average Bonchev–Trinajstić information content (AvgIpc) is 2.23. The summed E-state index contributed by atoms with van der Waals surface area (Å²) in [6, 6.07) is 1.87. The van der Waals surface area contributed by atoms with Crippen LogP contribution >= 0.6 is 11.6 Å². The van der Waals surface area contributed by atoms with Crippen molar-refractivity contribution in [2.75, 3.05) is 5.32 Å². The lowest BCUT2D eigenvalue weighted by molar-refractivity contribution is -0.137. The number of rotatable bonds is 4. The molecule has 2 nitrogen and oxygen atoms in total. The lowest BCUT2D eigenvalue weighted by Gasteiger charge is -2.22. The van der Waals surface area contributed by atoms with Crippen molar-refractivity contribution in [2.45, 2.75) is 39.4 Å². The molecular formula is C12H16ClF3N2. The predicted octanol–water partition coefficient (Wildman–Crippen LogP) is 4.60. The van der Waals surface area contributed by atoms with Crippen LogP contribution in [0.4, 0.5) is 19.0 Å². The molecule has 0 saturated carbocycles. The molecule has 0 bridgehead atoms. The fraction of sp³-hybridized carbons (Fsp3) is 0.583. The van der Waals surface area contributed by atoms with Crippen molar-refractivity contribution in [2.24, 2.45) is 5.92 Å². The Bertz CT molecular complexity index is 405. The highest BCUT2D eigenvalue weighted by atomic mass is 35.5. The summed E-state index contributed by atoms with van der Waals surface area (Å²) in [6.07, 6.45) is -3.62. The van der Waals surface area contributed by atoms with Gasteiger partial charge in [0.05, 0.1) is 5.56 Å². The Morgan fingerprint density at radius 2 is 1.94 bits per heavy atom. The van der Waals surface area contributed by atoms with E-state index in [0.29, 0.717) is 5.92 Å². The molecule has 1 N–H and O–H groups in total. The number of aromatic nitrogens is 1. The fourth-order valence-electron chi connectivity index (χ4n) is 1.66. The standard InChI is InChI=1S/C12H16ClF3N2/c1-4-9(7(2)3)17-11-6-8(12(14,15)16)5-10(13)18-11/h5-7,9H,4H2,1-3H3,(H,17,18). The van der Waals surface area contributed by atoms with E-state index in [1.54, 1.807) is 0 Å². The molecular weight excluding hydrogens is 265 g/mol. The zero-order valence-electron chi connectivity index (χ0n) is 10.5. The first-order valence-electron chi connectivity index (χ1n) is 5.75. The maximum absolute atomic E-state index is 12.6. The monoisotopic (exact) mass is 280 g/mol. The van der Waals surface area contributed by atoms with Gasteiger partial charge < -0.3 is 5.32 Å². The Morgan fingerprint density at radius 3 is 2.39 bits per heavy atom. The summed E-state index contributed by atoms with van der Waals surface area (Å²) < 4.78 is 37.8. The number of halogens is 4. The second kappa shape index (κ2) is 5.78. The van der Waals surface area contributed by atoms with Gasteiger partial charge in [-0.05, 0) is 24.5 Å². The zero-order valence-corrected chi connectivity index (χ0v) is 11.2. The molecule has 0 saturated heterocycles. The van der Waals surface area contributed by atoms with Gasteiger partial charge in [0.1, 0.15) is 11.0 Å². The molecule has 1 rings (SSSR count). The van der Waals surface area contributed by atoms with Crippen molar-refractivity contribution in [3.63, 3.8) is 0 Å². The van der Waals surface area contributed by atoms with Crippen molar-refractivity contribution in [3.8, 4) is 0 Å². The van der Waals surface area contributed by atoms with E-state index in [4.69, 9.17) is 11.6 Å². The highest BCUT2D eigenvalue weighted by molar-refractivity contribution is 6.29. The highest BCUT2D eigenvalue weighted by Gasteiger charge is 2.31. The van der Waals surface area contributed by atoms with Gasteiger partial charge in [-0.25, -0.2) is 4.98 Å². The Balaban J connectivity index is 3.00. The molecule has 1 aromatic heterocycles. The molecule has 1 atom stereocenters. The summed E-state index contributed by atoms with van der Waals surface area (Å²) in [7, 11) is 0. The second-order valence-corrected chi connectivity index (χ2v) is 4.85. The average molecular weight is 281 g/mol. The van der Waals surface area contributed by atoms with Crippen LogP contribution in [0.15, 0.2) is 12.1 Å². The molecule has 0 spiro atoms.